The van der Waals surface area contributed by atoms with Crippen molar-refractivity contribution in [1.82, 2.24) is 0 Å². The highest BCUT2D eigenvalue weighted by Crippen LogP contribution is 2.09. The number of rotatable bonds is 2. The molecule has 15 heavy (non-hydrogen) atoms. The number of hydrogen-bond donors (Lipinski definition) is 0. The Bertz CT molecular complexity index is 446. The Labute approximate surface area is 87.9 Å². The van der Waals surface area contributed by atoms with Gasteiger partial charge in [0.15, 0.2) is 0 Å². The fourth-order valence-corrected chi connectivity index (χ4v) is 1.21. The van der Waals surface area contributed by atoms with Crippen LogP contribution in [-0.4, -0.2) is 6.21 Å². The normalized spacial score (nSPS) is 10.7. The lowest BCUT2D eigenvalue weighted by Crippen LogP contribution is -1.80. The van der Waals surface area contributed by atoms with Crippen LogP contribution >= 0.6 is 0 Å². The van der Waals surface area contributed by atoms with E-state index in [1.54, 1.807) is 18.3 Å². The van der Waals surface area contributed by atoms with Crippen molar-refractivity contribution in [2.75, 3.05) is 0 Å². The average Bonchev–Trinajstić information content (AvgIpc) is 2.30. The first-order chi connectivity index (χ1) is 7.34. The summed E-state index contributed by atoms with van der Waals surface area (Å²) in [5.41, 5.74) is 1.78. The van der Waals surface area contributed by atoms with Crippen molar-refractivity contribution in [3.8, 4) is 0 Å². The quantitative estimate of drug-likeness (QED) is 0.655. The molecule has 0 amide bonds. The van der Waals surface area contributed by atoms with Gasteiger partial charge in [-0.25, -0.2) is 4.39 Å². The molecule has 2 rings (SSSR count). The maximum absolute atomic E-state index is 12.6. The molecule has 74 valence electrons. The number of aliphatic imine (C=N–C) groups is 1. The van der Waals surface area contributed by atoms with Crippen LogP contribution in [0.25, 0.3) is 0 Å². The number of nitrogens with zero attached hydrogens (tertiary/aromatic N) is 1. The molecule has 0 unspecified atom stereocenters. The summed E-state index contributed by atoms with van der Waals surface area (Å²) < 4.78 is 12.6. The van der Waals surface area contributed by atoms with Gasteiger partial charge in [-0.3, -0.25) is 4.99 Å². The van der Waals surface area contributed by atoms with E-state index in [4.69, 9.17) is 0 Å². The van der Waals surface area contributed by atoms with E-state index in [-0.39, 0.29) is 5.82 Å². The molecular formula is C13H10FN. The molecular weight excluding hydrogens is 189 g/mol. The van der Waals surface area contributed by atoms with Gasteiger partial charge in [0.1, 0.15) is 5.82 Å². The molecule has 0 N–H and O–H groups in total. The second kappa shape index (κ2) is 4.51. The lowest BCUT2D eigenvalue weighted by Gasteiger charge is -1.93. The van der Waals surface area contributed by atoms with Gasteiger partial charge >= 0.3 is 0 Å². The molecule has 0 aromatic heterocycles. The van der Waals surface area contributed by atoms with E-state index in [1.165, 1.54) is 12.1 Å². The van der Waals surface area contributed by atoms with E-state index in [1.807, 2.05) is 30.3 Å². The maximum Gasteiger partial charge on any atom is 0.123 e. The van der Waals surface area contributed by atoms with Crippen LogP contribution in [0, 0.1) is 5.82 Å². The predicted octanol–water partition coefficient (Wildman–Crippen LogP) is 3.58. The highest BCUT2D eigenvalue weighted by Gasteiger charge is 1.89. The Balaban J connectivity index is 2.15. The Kier molecular flexibility index (Phi) is 2.88. The first-order valence-electron chi connectivity index (χ1n) is 4.69. The van der Waals surface area contributed by atoms with Gasteiger partial charge in [0.25, 0.3) is 0 Å². The Morgan fingerprint density at radius 3 is 2.20 bits per heavy atom. The number of halogens is 1. The van der Waals surface area contributed by atoms with Crippen molar-refractivity contribution >= 4 is 11.9 Å². The van der Waals surface area contributed by atoms with Crippen LogP contribution in [-0.2, 0) is 0 Å². The van der Waals surface area contributed by atoms with Crippen molar-refractivity contribution in [2.24, 2.45) is 4.99 Å². The summed E-state index contributed by atoms with van der Waals surface area (Å²) in [4.78, 5) is 4.26. The largest absolute Gasteiger partial charge is 0.256 e. The predicted molar refractivity (Wildman–Crippen MR) is 60.1 cm³/mol. The minimum Gasteiger partial charge on any atom is -0.256 e. The Hall–Kier alpha value is -1.96. The molecule has 2 aromatic carbocycles. The average molecular weight is 199 g/mol. The molecule has 2 heteroatoms. The van der Waals surface area contributed by atoms with Crippen LogP contribution in [0.15, 0.2) is 59.6 Å². The Morgan fingerprint density at radius 2 is 1.53 bits per heavy atom. The molecule has 0 aliphatic carbocycles. The van der Waals surface area contributed by atoms with Crippen LogP contribution < -0.4 is 0 Å². The van der Waals surface area contributed by atoms with Crippen LogP contribution in [0.3, 0.4) is 0 Å². The van der Waals surface area contributed by atoms with Crippen molar-refractivity contribution in [3.05, 3.63) is 66.0 Å². The minimum absolute atomic E-state index is 0.230. The smallest absolute Gasteiger partial charge is 0.123 e. The lowest BCUT2D eigenvalue weighted by atomic mass is 10.2. The lowest BCUT2D eigenvalue weighted by molar-refractivity contribution is 0.628. The van der Waals surface area contributed by atoms with Gasteiger partial charge in [-0.1, -0.05) is 30.3 Å². The van der Waals surface area contributed by atoms with E-state index in [2.05, 4.69) is 4.99 Å². The third kappa shape index (κ3) is 2.74. The fraction of sp³-hybridized carbons (Fsp3) is 0. The highest BCUT2D eigenvalue weighted by molar-refractivity contribution is 5.81. The number of hydrogen-bond acceptors (Lipinski definition) is 1. The van der Waals surface area contributed by atoms with Crippen molar-refractivity contribution in [1.29, 1.82) is 0 Å². The van der Waals surface area contributed by atoms with Gasteiger partial charge in [0.05, 0.1) is 5.69 Å². The topological polar surface area (TPSA) is 12.4 Å². The third-order valence-corrected chi connectivity index (χ3v) is 1.99. The van der Waals surface area contributed by atoms with Gasteiger partial charge in [-0.2, -0.15) is 0 Å². The van der Waals surface area contributed by atoms with E-state index in [0.717, 1.165) is 11.3 Å². The second-order valence-electron chi connectivity index (χ2n) is 3.15. The monoisotopic (exact) mass is 199 g/mol. The fourth-order valence-electron chi connectivity index (χ4n) is 1.21. The summed E-state index contributed by atoms with van der Waals surface area (Å²) in [5.74, 6) is -0.230. The molecule has 0 heterocycles. The van der Waals surface area contributed by atoms with E-state index >= 15 is 0 Å². The SMILES string of the molecule is Fc1ccc(/C=N/c2ccccc2)cc1. The highest BCUT2D eigenvalue weighted by atomic mass is 19.1. The Morgan fingerprint density at radius 1 is 0.867 bits per heavy atom. The zero-order valence-corrected chi connectivity index (χ0v) is 8.10. The van der Waals surface area contributed by atoms with E-state index in [9.17, 15) is 4.39 Å². The number of benzene rings is 2. The molecule has 0 saturated carbocycles. The number of para-hydroxylation sites is 1. The summed E-state index contributed by atoms with van der Waals surface area (Å²) in [6, 6.07) is 15.9. The molecule has 0 aliphatic heterocycles. The standard InChI is InChI=1S/C13H10FN/c14-12-8-6-11(7-9-12)10-15-13-4-2-1-3-5-13/h1-10H/b15-10+. The molecule has 2 aromatic rings. The van der Waals surface area contributed by atoms with Gasteiger partial charge in [-0.05, 0) is 29.8 Å². The first kappa shape index (κ1) is 9.59. The summed E-state index contributed by atoms with van der Waals surface area (Å²) >= 11 is 0. The molecule has 0 fully saturated rings. The summed E-state index contributed by atoms with van der Waals surface area (Å²) in [6.07, 6.45) is 1.72. The van der Waals surface area contributed by atoms with Crippen molar-refractivity contribution in [2.45, 2.75) is 0 Å². The molecule has 0 saturated heterocycles. The zero-order chi connectivity index (χ0) is 10.5. The van der Waals surface area contributed by atoms with Crippen LogP contribution in [0.4, 0.5) is 10.1 Å². The van der Waals surface area contributed by atoms with Gasteiger partial charge in [0, 0.05) is 6.21 Å². The van der Waals surface area contributed by atoms with E-state index < -0.39 is 0 Å². The maximum atomic E-state index is 12.6. The first-order valence-corrected chi connectivity index (χ1v) is 4.69. The summed E-state index contributed by atoms with van der Waals surface area (Å²) in [6.45, 7) is 0. The van der Waals surface area contributed by atoms with Crippen molar-refractivity contribution in [3.63, 3.8) is 0 Å². The second-order valence-corrected chi connectivity index (χ2v) is 3.15. The molecule has 0 bridgehead atoms. The van der Waals surface area contributed by atoms with Crippen LogP contribution in [0.5, 0.6) is 0 Å². The molecule has 0 spiro atoms. The zero-order valence-electron chi connectivity index (χ0n) is 8.10. The van der Waals surface area contributed by atoms with Gasteiger partial charge in [-0.15, -0.1) is 0 Å². The molecule has 0 radical (unpaired) electrons. The summed E-state index contributed by atoms with van der Waals surface area (Å²) in [7, 11) is 0. The molecule has 0 atom stereocenters. The van der Waals surface area contributed by atoms with Crippen LogP contribution in [0.1, 0.15) is 5.56 Å². The van der Waals surface area contributed by atoms with Crippen molar-refractivity contribution < 1.29 is 4.39 Å². The van der Waals surface area contributed by atoms with Gasteiger partial charge in [0.2, 0.25) is 0 Å². The van der Waals surface area contributed by atoms with E-state index in [0.29, 0.717) is 0 Å². The molecule has 0 aliphatic rings. The van der Waals surface area contributed by atoms with Gasteiger partial charge < -0.3 is 0 Å². The minimum atomic E-state index is -0.230. The third-order valence-electron chi connectivity index (χ3n) is 1.99. The van der Waals surface area contributed by atoms with Crippen LogP contribution in [0.2, 0.25) is 0 Å². The molecule has 1 nitrogen and oxygen atoms in total. The summed E-state index contributed by atoms with van der Waals surface area (Å²) in [5, 5.41) is 0.